The molecular formula is C16H15F3O2. The van der Waals surface area contributed by atoms with Crippen molar-refractivity contribution in [3.63, 3.8) is 0 Å². The quantitative estimate of drug-likeness (QED) is 0.880. The fourth-order valence-electron chi connectivity index (χ4n) is 1.94. The zero-order valence-corrected chi connectivity index (χ0v) is 11.2. The summed E-state index contributed by atoms with van der Waals surface area (Å²) in [6.07, 6.45) is -1.64. The lowest BCUT2D eigenvalue weighted by molar-refractivity contribution is -0.167. The molecule has 0 spiro atoms. The number of benzene rings is 2. The van der Waals surface area contributed by atoms with Crippen LogP contribution in [0.15, 0.2) is 54.6 Å². The van der Waals surface area contributed by atoms with Crippen molar-refractivity contribution in [2.45, 2.75) is 18.6 Å². The van der Waals surface area contributed by atoms with Crippen molar-refractivity contribution in [1.82, 2.24) is 0 Å². The summed E-state index contributed by atoms with van der Waals surface area (Å²) in [5, 5.41) is 8.87. The van der Waals surface area contributed by atoms with E-state index in [2.05, 4.69) is 0 Å². The van der Waals surface area contributed by atoms with E-state index >= 15 is 0 Å². The maximum atomic E-state index is 13.8. The van der Waals surface area contributed by atoms with Gasteiger partial charge in [0.15, 0.2) is 0 Å². The van der Waals surface area contributed by atoms with Crippen LogP contribution < -0.4 is 0 Å². The first-order valence-electron chi connectivity index (χ1n) is 6.42. The fraction of sp³-hybridized carbons (Fsp3) is 0.250. The van der Waals surface area contributed by atoms with Crippen molar-refractivity contribution in [2.24, 2.45) is 0 Å². The largest absolute Gasteiger partial charge is 0.390 e. The molecule has 112 valence electrons. The monoisotopic (exact) mass is 296 g/mol. The zero-order chi connectivity index (χ0) is 15.3. The van der Waals surface area contributed by atoms with E-state index in [0.717, 1.165) is 17.7 Å². The van der Waals surface area contributed by atoms with Crippen LogP contribution >= 0.6 is 0 Å². The third kappa shape index (κ3) is 4.06. The normalized spacial score (nSPS) is 13.1. The molecule has 0 unspecified atom stereocenters. The number of ether oxygens (including phenoxy) is 1. The lowest BCUT2D eigenvalue weighted by atomic mass is 10.0. The van der Waals surface area contributed by atoms with E-state index in [4.69, 9.17) is 9.84 Å². The molecule has 0 fully saturated rings. The van der Waals surface area contributed by atoms with Gasteiger partial charge >= 0.3 is 0 Å². The standard InChI is InChI=1S/C16H15F3O2/c17-14-8-6-13(7-9-14)15(16(18,19)11-20)21-10-12-4-2-1-3-5-12/h1-9,15,20H,10-11H2/t15-/m1/s1. The van der Waals surface area contributed by atoms with Gasteiger partial charge in [-0.15, -0.1) is 0 Å². The molecule has 0 saturated heterocycles. The summed E-state index contributed by atoms with van der Waals surface area (Å²) in [5.74, 6) is -3.97. The van der Waals surface area contributed by atoms with Gasteiger partial charge in [0.2, 0.25) is 0 Å². The van der Waals surface area contributed by atoms with Gasteiger partial charge < -0.3 is 9.84 Å². The second-order valence-electron chi connectivity index (χ2n) is 4.65. The third-order valence-corrected chi connectivity index (χ3v) is 3.03. The Morgan fingerprint density at radius 2 is 1.62 bits per heavy atom. The summed E-state index contributed by atoms with van der Waals surface area (Å²) in [6.45, 7) is -1.37. The van der Waals surface area contributed by atoms with Crippen molar-refractivity contribution in [2.75, 3.05) is 6.61 Å². The van der Waals surface area contributed by atoms with E-state index in [9.17, 15) is 13.2 Å². The summed E-state index contributed by atoms with van der Waals surface area (Å²) < 4.78 is 45.9. The molecule has 2 nitrogen and oxygen atoms in total. The molecule has 0 saturated carbocycles. The molecule has 0 heterocycles. The van der Waals surface area contributed by atoms with Crippen LogP contribution in [0.1, 0.15) is 17.2 Å². The minimum atomic E-state index is -3.45. The Morgan fingerprint density at radius 1 is 1.00 bits per heavy atom. The molecule has 21 heavy (non-hydrogen) atoms. The lowest BCUT2D eigenvalue weighted by Gasteiger charge is -2.26. The van der Waals surface area contributed by atoms with E-state index in [1.165, 1.54) is 12.1 Å². The van der Waals surface area contributed by atoms with E-state index < -0.39 is 24.5 Å². The predicted molar refractivity (Wildman–Crippen MR) is 72.4 cm³/mol. The number of aliphatic hydroxyl groups excluding tert-OH is 1. The highest BCUT2D eigenvalue weighted by Crippen LogP contribution is 2.35. The Labute approximate surface area is 120 Å². The Morgan fingerprint density at radius 3 is 2.19 bits per heavy atom. The predicted octanol–water partition coefficient (Wildman–Crippen LogP) is 3.71. The van der Waals surface area contributed by atoms with Gasteiger partial charge in [0.1, 0.15) is 18.5 Å². The number of hydrogen-bond acceptors (Lipinski definition) is 2. The molecule has 1 N–H and O–H groups in total. The molecule has 2 rings (SSSR count). The Hall–Kier alpha value is -1.85. The van der Waals surface area contributed by atoms with Gasteiger partial charge in [-0.1, -0.05) is 42.5 Å². The minimum absolute atomic E-state index is 0.0293. The number of aliphatic hydroxyl groups is 1. The van der Waals surface area contributed by atoms with Gasteiger partial charge in [-0.25, -0.2) is 13.2 Å². The van der Waals surface area contributed by atoms with Crippen LogP contribution in [0, 0.1) is 5.82 Å². The summed E-state index contributed by atoms with van der Waals surface area (Å²) >= 11 is 0. The summed E-state index contributed by atoms with van der Waals surface area (Å²) in [5.41, 5.74) is 0.852. The maximum Gasteiger partial charge on any atom is 0.300 e. The zero-order valence-electron chi connectivity index (χ0n) is 11.2. The van der Waals surface area contributed by atoms with Crippen molar-refractivity contribution >= 4 is 0 Å². The van der Waals surface area contributed by atoms with Gasteiger partial charge in [0, 0.05) is 0 Å². The number of rotatable bonds is 6. The first-order chi connectivity index (χ1) is 10.0. The molecule has 1 atom stereocenters. The molecule has 0 radical (unpaired) electrons. The van der Waals surface area contributed by atoms with Crippen LogP contribution in [0.5, 0.6) is 0 Å². The highest BCUT2D eigenvalue weighted by molar-refractivity contribution is 5.21. The molecule has 0 aliphatic heterocycles. The SMILES string of the molecule is OCC(F)(F)[C@H](OCc1ccccc1)c1ccc(F)cc1. The van der Waals surface area contributed by atoms with E-state index in [1.807, 2.05) is 6.07 Å². The lowest BCUT2D eigenvalue weighted by Crippen LogP contribution is -2.32. The third-order valence-electron chi connectivity index (χ3n) is 3.03. The summed E-state index contributed by atoms with van der Waals surface area (Å²) in [4.78, 5) is 0. The highest BCUT2D eigenvalue weighted by atomic mass is 19.3. The molecule has 5 heteroatoms. The first-order valence-corrected chi connectivity index (χ1v) is 6.42. The molecule has 0 bridgehead atoms. The number of alkyl halides is 2. The second kappa shape index (κ2) is 6.74. The van der Waals surface area contributed by atoms with Gasteiger partial charge in [-0.2, -0.15) is 0 Å². The van der Waals surface area contributed by atoms with Crippen molar-refractivity contribution < 1.29 is 23.0 Å². The van der Waals surface area contributed by atoms with Crippen LogP contribution in [0.25, 0.3) is 0 Å². The molecule has 2 aromatic rings. The van der Waals surface area contributed by atoms with Gasteiger partial charge in [-0.3, -0.25) is 0 Å². The summed E-state index contributed by atoms with van der Waals surface area (Å²) in [6, 6.07) is 13.5. The minimum Gasteiger partial charge on any atom is -0.390 e. The van der Waals surface area contributed by atoms with E-state index in [-0.39, 0.29) is 12.2 Å². The molecule has 0 amide bonds. The van der Waals surface area contributed by atoms with Crippen LogP contribution in [-0.2, 0) is 11.3 Å². The summed E-state index contributed by atoms with van der Waals surface area (Å²) in [7, 11) is 0. The van der Waals surface area contributed by atoms with Gasteiger partial charge in [0.05, 0.1) is 6.61 Å². The van der Waals surface area contributed by atoms with Crippen molar-refractivity contribution in [3.05, 3.63) is 71.5 Å². The Balaban J connectivity index is 2.18. The first kappa shape index (κ1) is 15.5. The molecule has 0 aliphatic rings. The van der Waals surface area contributed by atoms with Gasteiger partial charge in [-0.05, 0) is 23.3 Å². The number of hydrogen-bond donors (Lipinski definition) is 1. The van der Waals surface area contributed by atoms with Crippen LogP contribution in [0.2, 0.25) is 0 Å². The second-order valence-corrected chi connectivity index (χ2v) is 4.65. The number of halogens is 3. The van der Waals surface area contributed by atoms with Gasteiger partial charge in [0.25, 0.3) is 5.92 Å². The molecule has 2 aromatic carbocycles. The Bertz CT molecular complexity index is 555. The molecule has 0 aliphatic carbocycles. The average molecular weight is 296 g/mol. The fourth-order valence-corrected chi connectivity index (χ4v) is 1.94. The average Bonchev–Trinajstić information content (AvgIpc) is 2.50. The maximum absolute atomic E-state index is 13.8. The van der Waals surface area contributed by atoms with E-state index in [1.54, 1.807) is 24.3 Å². The van der Waals surface area contributed by atoms with Crippen molar-refractivity contribution in [3.8, 4) is 0 Å². The van der Waals surface area contributed by atoms with Crippen LogP contribution in [-0.4, -0.2) is 17.6 Å². The topological polar surface area (TPSA) is 29.5 Å². The van der Waals surface area contributed by atoms with Crippen LogP contribution in [0.4, 0.5) is 13.2 Å². The molecular weight excluding hydrogens is 281 g/mol. The highest BCUT2D eigenvalue weighted by Gasteiger charge is 2.41. The smallest absolute Gasteiger partial charge is 0.300 e. The molecule has 0 aromatic heterocycles. The van der Waals surface area contributed by atoms with E-state index in [0.29, 0.717) is 0 Å². The van der Waals surface area contributed by atoms with Crippen molar-refractivity contribution in [1.29, 1.82) is 0 Å². The van der Waals surface area contributed by atoms with Crippen LogP contribution in [0.3, 0.4) is 0 Å². The Kier molecular flexibility index (Phi) is 4.98.